The van der Waals surface area contributed by atoms with Crippen LogP contribution in [0.4, 0.5) is 0 Å². The lowest BCUT2D eigenvalue weighted by molar-refractivity contribution is 0.168. The predicted molar refractivity (Wildman–Crippen MR) is 102 cm³/mol. The number of aromatic nitrogens is 3. The zero-order valence-electron chi connectivity index (χ0n) is 16.1. The van der Waals surface area contributed by atoms with Crippen molar-refractivity contribution < 1.29 is 13.2 Å². The Morgan fingerprint density at radius 1 is 1.30 bits per heavy atom. The Labute approximate surface area is 160 Å². The summed E-state index contributed by atoms with van der Waals surface area (Å²) in [6.07, 6.45) is 2.23. The molecule has 0 aliphatic carbocycles. The van der Waals surface area contributed by atoms with Crippen LogP contribution in [0.25, 0.3) is 0 Å². The van der Waals surface area contributed by atoms with Crippen LogP contribution in [-0.2, 0) is 10.0 Å². The van der Waals surface area contributed by atoms with Crippen molar-refractivity contribution in [3.8, 4) is 5.75 Å². The van der Waals surface area contributed by atoms with Gasteiger partial charge in [0.2, 0.25) is 10.0 Å². The molecule has 1 aromatic carbocycles. The minimum Gasteiger partial charge on any atom is -0.492 e. The van der Waals surface area contributed by atoms with Gasteiger partial charge in [0.15, 0.2) is 5.82 Å². The number of aryl methyl sites for hydroxylation is 1. The Hall–Kier alpha value is -1.97. The Bertz CT molecular complexity index is 848. The van der Waals surface area contributed by atoms with Gasteiger partial charge in [0.25, 0.3) is 0 Å². The van der Waals surface area contributed by atoms with Gasteiger partial charge in [-0.3, -0.25) is 10.00 Å². The molecule has 1 saturated heterocycles. The van der Waals surface area contributed by atoms with Crippen LogP contribution in [0.15, 0.2) is 29.2 Å². The highest BCUT2D eigenvalue weighted by Crippen LogP contribution is 2.24. The lowest BCUT2D eigenvalue weighted by Crippen LogP contribution is -2.37. The van der Waals surface area contributed by atoms with E-state index in [-0.39, 0.29) is 4.90 Å². The lowest BCUT2D eigenvalue weighted by Gasteiger charge is -2.31. The SMILES string of the molecule is Cc1nc([C@@H]2CCCN(CCOc3ccc(S(=O)(=O)N(C)C)cc3)C2)n[nH]1. The fourth-order valence-electron chi connectivity index (χ4n) is 3.22. The standard InChI is InChI=1S/C18H27N5O3S/c1-14-19-18(21-20-14)15-5-4-10-23(13-15)11-12-26-16-6-8-17(9-7-16)27(24,25)22(2)3/h6-9,15H,4-5,10-13H2,1-3H3,(H,19,20,21)/t15-/m1/s1. The highest BCUT2D eigenvalue weighted by Gasteiger charge is 2.24. The molecule has 27 heavy (non-hydrogen) atoms. The van der Waals surface area contributed by atoms with Gasteiger partial charge >= 0.3 is 0 Å². The number of sulfonamides is 1. The molecular formula is C18H27N5O3S. The third-order valence-electron chi connectivity index (χ3n) is 4.76. The molecule has 0 radical (unpaired) electrons. The van der Waals surface area contributed by atoms with Crippen LogP contribution in [0.3, 0.4) is 0 Å². The summed E-state index contributed by atoms with van der Waals surface area (Å²) in [5.41, 5.74) is 0. The first-order valence-corrected chi connectivity index (χ1v) is 10.6. The second-order valence-corrected chi connectivity index (χ2v) is 9.18. The maximum Gasteiger partial charge on any atom is 0.242 e. The maximum atomic E-state index is 12.1. The molecule has 1 fully saturated rings. The van der Waals surface area contributed by atoms with E-state index in [4.69, 9.17) is 4.74 Å². The maximum absolute atomic E-state index is 12.1. The van der Waals surface area contributed by atoms with Gasteiger partial charge < -0.3 is 4.74 Å². The van der Waals surface area contributed by atoms with E-state index in [0.29, 0.717) is 18.3 Å². The summed E-state index contributed by atoms with van der Waals surface area (Å²) in [5.74, 6) is 2.78. The Balaban J connectivity index is 1.49. The van der Waals surface area contributed by atoms with Crippen LogP contribution in [0, 0.1) is 6.92 Å². The van der Waals surface area contributed by atoms with E-state index in [9.17, 15) is 8.42 Å². The van der Waals surface area contributed by atoms with Gasteiger partial charge in [0, 0.05) is 33.1 Å². The second kappa shape index (κ2) is 8.37. The molecule has 1 N–H and O–H groups in total. The van der Waals surface area contributed by atoms with Crippen LogP contribution in [0.1, 0.15) is 30.4 Å². The number of hydrogen-bond donors (Lipinski definition) is 1. The minimum atomic E-state index is -3.41. The van der Waals surface area contributed by atoms with Gasteiger partial charge in [-0.1, -0.05) is 0 Å². The van der Waals surface area contributed by atoms with Crippen LogP contribution in [-0.4, -0.2) is 73.1 Å². The van der Waals surface area contributed by atoms with Gasteiger partial charge in [-0.05, 0) is 50.6 Å². The molecule has 2 heterocycles. The van der Waals surface area contributed by atoms with E-state index in [1.807, 2.05) is 6.92 Å². The molecule has 8 nitrogen and oxygen atoms in total. The first-order valence-electron chi connectivity index (χ1n) is 9.13. The summed E-state index contributed by atoms with van der Waals surface area (Å²) in [4.78, 5) is 7.09. The number of nitrogens with one attached hydrogen (secondary N) is 1. The number of piperidine rings is 1. The molecule has 0 saturated carbocycles. The Morgan fingerprint density at radius 3 is 2.67 bits per heavy atom. The number of rotatable bonds is 7. The molecule has 0 spiro atoms. The van der Waals surface area contributed by atoms with E-state index in [0.717, 1.165) is 44.1 Å². The average molecular weight is 394 g/mol. The third-order valence-corrected chi connectivity index (χ3v) is 6.59. The Morgan fingerprint density at radius 2 is 2.04 bits per heavy atom. The highest BCUT2D eigenvalue weighted by atomic mass is 32.2. The summed E-state index contributed by atoms with van der Waals surface area (Å²) in [6.45, 7) is 5.26. The van der Waals surface area contributed by atoms with Gasteiger partial charge in [-0.2, -0.15) is 5.10 Å². The second-order valence-electron chi connectivity index (χ2n) is 7.03. The van der Waals surface area contributed by atoms with Crippen molar-refractivity contribution in [2.24, 2.45) is 0 Å². The molecular weight excluding hydrogens is 366 g/mol. The first-order chi connectivity index (χ1) is 12.9. The molecule has 0 amide bonds. The van der Waals surface area contributed by atoms with Gasteiger partial charge in [0.05, 0.1) is 4.90 Å². The van der Waals surface area contributed by atoms with Crippen molar-refractivity contribution in [1.29, 1.82) is 0 Å². The summed E-state index contributed by atoms with van der Waals surface area (Å²) in [7, 11) is -0.368. The molecule has 148 valence electrons. The predicted octanol–water partition coefficient (Wildman–Crippen LogP) is 1.62. The first kappa shape index (κ1) is 19.8. The van der Waals surface area contributed by atoms with Gasteiger partial charge in [-0.15, -0.1) is 0 Å². The molecule has 1 aliphatic heterocycles. The topological polar surface area (TPSA) is 91.4 Å². The molecule has 1 aromatic heterocycles. The highest BCUT2D eigenvalue weighted by molar-refractivity contribution is 7.89. The van der Waals surface area contributed by atoms with E-state index < -0.39 is 10.0 Å². The van der Waals surface area contributed by atoms with Crippen LogP contribution in [0.2, 0.25) is 0 Å². The molecule has 0 bridgehead atoms. The molecule has 9 heteroatoms. The fraction of sp³-hybridized carbons (Fsp3) is 0.556. The molecule has 3 rings (SSSR count). The van der Waals surface area contributed by atoms with E-state index >= 15 is 0 Å². The van der Waals surface area contributed by atoms with Gasteiger partial charge in [0.1, 0.15) is 18.2 Å². The van der Waals surface area contributed by atoms with Crippen LogP contribution < -0.4 is 4.74 Å². The number of benzene rings is 1. The van der Waals surface area contributed by atoms with E-state index in [1.54, 1.807) is 24.3 Å². The van der Waals surface area contributed by atoms with Crippen molar-refractivity contribution in [2.75, 3.05) is 40.3 Å². The van der Waals surface area contributed by atoms with Crippen LogP contribution in [0.5, 0.6) is 5.75 Å². The Kier molecular flexibility index (Phi) is 6.13. The molecule has 1 atom stereocenters. The number of nitrogens with zero attached hydrogens (tertiary/aromatic N) is 4. The zero-order valence-corrected chi connectivity index (χ0v) is 16.9. The fourth-order valence-corrected chi connectivity index (χ4v) is 4.12. The number of H-pyrrole nitrogens is 1. The normalized spacial score (nSPS) is 18.7. The number of ether oxygens (including phenoxy) is 1. The number of hydrogen-bond acceptors (Lipinski definition) is 6. The number of aromatic amines is 1. The van der Waals surface area contributed by atoms with E-state index in [2.05, 4.69) is 20.1 Å². The van der Waals surface area contributed by atoms with Crippen molar-refractivity contribution in [1.82, 2.24) is 24.4 Å². The zero-order chi connectivity index (χ0) is 19.4. The molecule has 1 aliphatic rings. The van der Waals surface area contributed by atoms with E-state index in [1.165, 1.54) is 18.4 Å². The molecule has 0 unspecified atom stereocenters. The third kappa shape index (κ3) is 4.85. The quantitative estimate of drug-likeness (QED) is 0.769. The summed E-state index contributed by atoms with van der Waals surface area (Å²) in [6, 6.07) is 6.55. The minimum absolute atomic E-state index is 0.264. The van der Waals surface area contributed by atoms with Crippen molar-refractivity contribution in [3.63, 3.8) is 0 Å². The van der Waals surface area contributed by atoms with Crippen molar-refractivity contribution in [3.05, 3.63) is 35.9 Å². The van der Waals surface area contributed by atoms with Crippen LogP contribution >= 0.6 is 0 Å². The molecule has 2 aromatic rings. The smallest absolute Gasteiger partial charge is 0.242 e. The van der Waals surface area contributed by atoms with Crippen molar-refractivity contribution in [2.45, 2.75) is 30.6 Å². The summed E-state index contributed by atoms with van der Waals surface area (Å²) >= 11 is 0. The average Bonchev–Trinajstić information content (AvgIpc) is 3.09. The van der Waals surface area contributed by atoms with Gasteiger partial charge in [-0.25, -0.2) is 17.7 Å². The largest absolute Gasteiger partial charge is 0.492 e. The van der Waals surface area contributed by atoms with Crippen molar-refractivity contribution >= 4 is 10.0 Å². The summed E-state index contributed by atoms with van der Waals surface area (Å²) in [5, 5.41) is 7.21. The number of likely N-dealkylation sites (tertiary alicyclic amines) is 1. The lowest BCUT2D eigenvalue weighted by atomic mass is 9.97. The summed E-state index contributed by atoms with van der Waals surface area (Å²) < 4.78 is 31.2. The monoisotopic (exact) mass is 393 g/mol.